The second-order valence-corrected chi connectivity index (χ2v) is 8.58. The zero-order chi connectivity index (χ0) is 15.9. The minimum atomic E-state index is -5.56. The van der Waals surface area contributed by atoms with Gasteiger partial charge in [-0.25, -0.2) is 0 Å². The molecule has 1 atom stereocenters. The first-order valence-electron chi connectivity index (χ1n) is 5.21. The van der Waals surface area contributed by atoms with Crippen molar-refractivity contribution in [2.75, 3.05) is 5.73 Å². The van der Waals surface area contributed by atoms with Crippen LogP contribution in [0.2, 0.25) is 5.02 Å². The highest BCUT2D eigenvalue weighted by atomic mass is 35.5. The summed E-state index contributed by atoms with van der Waals surface area (Å²) in [6.07, 6.45) is 0. The lowest BCUT2D eigenvalue weighted by atomic mass is 10.0. The molecule has 0 saturated carbocycles. The molecule has 0 heterocycles. The lowest BCUT2D eigenvalue weighted by Crippen LogP contribution is -2.34. The van der Waals surface area contributed by atoms with Crippen molar-refractivity contribution in [3.8, 4) is 0 Å². The van der Waals surface area contributed by atoms with Crippen LogP contribution in [-0.4, -0.2) is 29.8 Å². The van der Waals surface area contributed by atoms with E-state index in [-0.39, 0.29) is 16.3 Å². The van der Waals surface area contributed by atoms with E-state index in [1.165, 1.54) is 18.2 Å². The molecule has 0 aliphatic heterocycles. The molecule has 0 saturated heterocycles. The number of nitrogens with two attached hydrogens (primary N) is 1. The maximum absolute atomic E-state index is 11.4. The second kappa shape index (κ2) is 5.40. The van der Waals surface area contributed by atoms with Crippen molar-refractivity contribution < 1.29 is 33.8 Å². The molecule has 20 heavy (non-hydrogen) atoms. The standard InChI is InChI=1S/C9H14ClNO7P2/c1-5(7-3-2-6(11)4-8(7)10)9(12,19(13,14)15)20(16,17)18/h2-5,12H,11H2,1H3,(H2,13,14,15)(H2,16,17,18). The smallest absolute Gasteiger partial charge is 0.370 e. The Balaban J connectivity index is 3.51. The molecule has 0 aromatic heterocycles. The summed E-state index contributed by atoms with van der Waals surface area (Å²) in [5.41, 5.74) is 5.66. The summed E-state index contributed by atoms with van der Waals surface area (Å²) >= 11 is 5.83. The van der Waals surface area contributed by atoms with Gasteiger partial charge < -0.3 is 30.4 Å². The van der Waals surface area contributed by atoms with Crippen molar-refractivity contribution in [2.45, 2.75) is 17.9 Å². The Bertz CT molecular complexity index is 588. The third-order valence-electron chi connectivity index (χ3n) is 2.93. The molecular formula is C9H14ClNO7P2. The van der Waals surface area contributed by atoms with Gasteiger partial charge in [0.1, 0.15) is 0 Å². The van der Waals surface area contributed by atoms with E-state index in [9.17, 15) is 14.2 Å². The monoisotopic (exact) mass is 345 g/mol. The van der Waals surface area contributed by atoms with Gasteiger partial charge in [-0.05, 0) is 17.7 Å². The van der Waals surface area contributed by atoms with E-state index in [4.69, 9.17) is 36.9 Å². The van der Waals surface area contributed by atoms with Crippen LogP contribution in [0.3, 0.4) is 0 Å². The molecule has 1 aromatic carbocycles. The Morgan fingerprint density at radius 1 is 1.20 bits per heavy atom. The van der Waals surface area contributed by atoms with E-state index in [0.29, 0.717) is 0 Å². The highest BCUT2D eigenvalue weighted by molar-refractivity contribution is 7.72. The van der Waals surface area contributed by atoms with Crippen LogP contribution in [0.1, 0.15) is 18.4 Å². The van der Waals surface area contributed by atoms with E-state index in [0.717, 1.165) is 6.92 Å². The minimum absolute atomic E-state index is 0.0463. The molecule has 0 spiro atoms. The van der Waals surface area contributed by atoms with Gasteiger partial charge in [-0.3, -0.25) is 9.13 Å². The maximum Gasteiger partial charge on any atom is 0.370 e. The van der Waals surface area contributed by atoms with Crippen LogP contribution in [0.25, 0.3) is 0 Å². The highest BCUT2D eigenvalue weighted by Crippen LogP contribution is 2.72. The lowest BCUT2D eigenvalue weighted by Gasteiger charge is -2.35. The fourth-order valence-corrected chi connectivity index (χ4v) is 4.77. The first kappa shape index (κ1) is 17.6. The van der Waals surface area contributed by atoms with Gasteiger partial charge in [-0.1, -0.05) is 24.6 Å². The SMILES string of the molecule is CC(c1ccc(N)cc1Cl)C(O)(P(=O)(O)O)P(=O)(O)O. The van der Waals surface area contributed by atoms with Crippen LogP contribution in [0.4, 0.5) is 5.69 Å². The Labute approximate surface area is 119 Å². The zero-order valence-electron chi connectivity index (χ0n) is 10.2. The Kier molecular flexibility index (Phi) is 4.76. The minimum Gasteiger partial charge on any atom is -0.399 e. The number of aliphatic hydroxyl groups is 1. The third kappa shape index (κ3) is 2.93. The fourth-order valence-electron chi connectivity index (χ4n) is 1.78. The number of hydrogen-bond acceptors (Lipinski definition) is 4. The lowest BCUT2D eigenvalue weighted by molar-refractivity contribution is 0.111. The van der Waals surface area contributed by atoms with Crippen molar-refractivity contribution >= 4 is 32.5 Å². The number of anilines is 1. The summed E-state index contributed by atoms with van der Waals surface area (Å²) in [6.45, 7) is 1.05. The van der Waals surface area contributed by atoms with Gasteiger partial charge in [0.2, 0.25) is 0 Å². The van der Waals surface area contributed by atoms with Crippen LogP contribution >= 0.6 is 26.8 Å². The van der Waals surface area contributed by atoms with Gasteiger partial charge in [0, 0.05) is 16.6 Å². The molecule has 0 radical (unpaired) electrons. The molecule has 0 amide bonds. The largest absolute Gasteiger partial charge is 0.399 e. The van der Waals surface area contributed by atoms with Crippen molar-refractivity contribution in [3.05, 3.63) is 28.8 Å². The van der Waals surface area contributed by atoms with E-state index in [1.54, 1.807) is 0 Å². The zero-order valence-corrected chi connectivity index (χ0v) is 12.8. The number of hydrogen-bond donors (Lipinski definition) is 6. The fraction of sp³-hybridized carbons (Fsp3) is 0.333. The predicted molar refractivity (Wildman–Crippen MR) is 73.3 cm³/mol. The molecule has 0 fully saturated rings. The summed E-state index contributed by atoms with van der Waals surface area (Å²) in [5, 5.41) is 6.34. The molecular weight excluding hydrogens is 332 g/mol. The molecule has 0 aliphatic rings. The van der Waals surface area contributed by atoms with Gasteiger partial charge >= 0.3 is 15.2 Å². The number of nitrogen functional groups attached to an aromatic ring is 1. The summed E-state index contributed by atoms with van der Waals surface area (Å²) in [7, 11) is -11.1. The molecule has 11 heteroatoms. The van der Waals surface area contributed by atoms with Crippen LogP contribution in [0.5, 0.6) is 0 Å². The van der Waals surface area contributed by atoms with Gasteiger partial charge in [0.25, 0.3) is 5.08 Å². The van der Waals surface area contributed by atoms with Crippen molar-refractivity contribution in [1.82, 2.24) is 0 Å². The van der Waals surface area contributed by atoms with Gasteiger partial charge in [0.15, 0.2) is 0 Å². The van der Waals surface area contributed by atoms with E-state index in [1.807, 2.05) is 0 Å². The van der Waals surface area contributed by atoms with Crippen molar-refractivity contribution in [1.29, 1.82) is 0 Å². The van der Waals surface area contributed by atoms with E-state index < -0.39 is 26.2 Å². The Morgan fingerprint density at radius 2 is 1.65 bits per heavy atom. The normalized spacial score (nSPS) is 15.2. The van der Waals surface area contributed by atoms with Crippen LogP contribution < -0.4 is 5.73 Å². The summed E-state index contributed by atoms with van der Waals surface area (Å²) in [5.74, 6) is -1.63. The van der Waals surface area contributed by atoms with Crippen LogP contribution in [-0.2, 0) is 9.13 Å². The van der Waals surface area contributed by atoms with Gasteiger partial charge in [-0.2, -0.15) is 0 Å². The molecule has 8 nitrogen and oxygen atoms in total. The second-order valence-electron chi connectivity index (χ2n) is 4.28. The molecule has 1 aromatic rings. The summed E-state index contributed by atoms with van der Waals surface area (Å²) in [4.78, 5) is 36.6. The molecule has 0 aliphatic carbocycles. The molecule has 0 bridgehead atoms. The average Bonchev–Trinajstić information content (AvgIpc) is 2.24. The Hall–Kier alpha value is -0.430. The topological polar surface area (TPSA) is 161 Å². The van der Waals surface area contributed by atoms with Crippen molar-refractivity contribution in [2.24, 2.45) is 0 Å². The Morgan fingerprint density at radius 3 is 2.00 bits per heavy atom. The van der Waals surface area contributed by atoms with E-state index >= 15 is 0 Å². The highest BCUT2D eigenvalue weighted by Gasteiger charge is 2.63. The average molecular weight is 346 g/mol. The quantitative estimate of drug-likeness (QED) is 0.348. The first-order valence-corrected chi connectivity index (χ1v) is 8.81. The van der Waals surface area contributed by atoms with Crippen LogP contribution in [0, 0.1) is 0 Å². The molecule has 114 valence electrons. The summed E-state index contributed by atoms with van der Waals surface area (Å²) in [6, 6.07) is 3.81. The molecule has 1 rings (SSSR count). The third-order valence-corrected chi connectivity index (χ3v) is 7.31. The summed E-state index contributed by atoms with van der Waals surface area (Å²) < 4.78 is 22.8. The van der Waals surface area contributed by atoms with Crippen molar-refractivity contribution in [3.63, 3.8) is 0 Å². The van der Waals surface area contributed by atoms with Gasteiger partial charge in [0.05, 0.1) is 0 Å². The van der Waals surface area contributed by atoms with Gasteiger partial charge in [-0.15, -0.1) is 0 Å². The molecule has 7 N–H and O–H groups in total. The predicted octanol–water partition coefficient (Wildman–Crippen LogP) is 1.03. The maximum atomic E-state index is 11.4. The first-order chi connectivity index (χ1) is 8.82. The van der Waals surface area contributed by atoms with E-state index in [2.05, 4.69) is 0 Å². The van der Waals surface area contributed by atoms with Crippen LogP contribution in [0.15, 0.2) is 18.2 Å². The number of rotatable bonds is 4. The number of benzene rings is 1. The molecule has 1 unspecified atom stereocenters. The number of halogens is 1.